The van der Waals surface area contributed by atoms with Crippen molar-refractivity contribution in [2.75, 3.05) is 0 Å². The molecule has 2 aromatic heterocycles. The van der Waals surface area contributed by atoms with Crippen LogP contribution in [0.4, 0.5) is 4.39 Å². The Kier molecular flexibility index (Phi) is 2.34. The van der Waals surface area contributed by atoms with Crippen molar-refractivity contribution in [3.63, 3.8) is 0 Å². The molecule has 0 aliphatic carbocycles. The van der Waals surface area contributed by atoms with E-state index < -0.39 is 0 Å². The summed E-state index contributed by atoms with van der Waals surface area (Å²) < 4.78 is 13.5. The van der Waals surface area contributed by atoms with E-state index in [4.69, 9.17) is 11.6 Å². The summed E-state index contributed by atoms with van der Waals surface area (Å²) in [7, 11) is 0. The molecule has 17 heavy (non-hydrogen) atoms. The lowest BCUT2D eigenvalue weighted by atomic mass is 10.2. The minimum Gasteiger partial charge on any atom is -0.353 e. The molecule has 0 saturated carbocycles. The molecule has 0 unspecified atom stereocenters. The largest absolute Gasteiger partial charge is 0.353 e. The van der Waals surface area contributed by atoms with Crippen molar-refractivity contribution >= 4 is 22.5 Å². The van der Waals surface area contributed by atoms with Gasteiger partial charge in [0.1, 0.15) is 11.0 Å². The van der Waals surface area contributed by atoms with Crippen molar-refractivity contribution in [3.05, 3.63) is 53.4 Å². The number of pyridine rings is 1. The number of aromatic amines is 1. The second kappa shape index (κ2) is 3.86. The Morgan fingerprint density at radius 1 is 1.29 bits per heavy atom. The SMILES string of the molecule is Fc1cccc2[nH]c(-c3[c]ccc(Cl)n3)cc12. The fourth-order valence-electron chi connectivity index (χ4n) is 1.75. The van der Waals surface area contributed by atoms with Gasteiger partial charge in [-0.3, -0.25) is 0 Å². The zero-order valence-corrected chi connectivity index (χ0v) is 9.42. The van der Waals surface area contributed by atoms with E-state index >= 15 is 0 Å². The first-order valence-corrected chi connectivity index (χ1v) is 5.44. The van der Waals surface area contributed by atoms with Gasteiger partial charge in [0, 0.05) is 17.0 Å². The topological polar surface area (TPSA) is 28.7 Å². The van der Waals surface area contributed by atoms with Crippen LogP contribution in [0.3, 0.4) is 0 Å². The highest BCUT2D eigenvalue weighted by Crippen LogP contribution is 2.25. The van der Waals surface area contributed by atoms with Gasteiger partial charge in [-0.2, -0.15) is 0 Å². The number of hydrogen-bond acceptors (Lipinski definition) is 1. The monoisotopic (exact) mass is 245 g/mol. The number of fused-ring (bicyclic) bond motifs is 1. The lowest BCUT2D eigenvalue weighted by Crippen LogP contribution is -1.83. The molecule has 83 valence electrons. The number of benzene rings is 1. The van der Waals surface area contributed by atoms with Gasteiger partial charge >= 0.3 is 0 Å². The summed E-state index contributed by atoms with van der Waals surface area (Å²) in [4.78, 5) is 7.21. The summed E-state index contributed by atoms with van der Waals surface area (Å²) in [5.74, 6) is -0.257. The normalized spacial score (nSPS) is 10.9. The molecule has 2 nitrogen and oxygen atoms in total. The maximum atomic E-state index is 13.5. The third kappa shape index (κ3) is 1.78. The van der Waals surface area contributed by atoms with Crippen molar-refractivity contribution in [1.29, 1.82) is 0 Å². The summed E-state index contributed by atoms with van der Waals surface area (Å²) in [6.07, 6.45) is 0. The van der Waals surface area contributed by atoms with Crippen LogP contribution in [0.5, 0.6) is 0 Å². The standard InChI is InChI=1S/C13H7ClFN2/c14-13-6-2-5-11(17-13)12-7-8-9(15)3-1-4-10(8)16-12/h1-4,6-7,16H. The van der Waals surface area contributed by atoms with Crippen molar-refractivity contribution in [3.8, 4) is 11.4 Å². The first-order chi connectivity index (χ1) is 8.24. The van der Waals surface area contributed by atoms with Gasteiger partial charge in [-0.1, -0.05) is 17.7 Å². The lowest BCUT2D eigenvalue weighted by Gasteiger charge is -1.95. The third-order valence-corrected chi connectivity index (χ3v) is 2.74. The van der Waals surface area contributed by atoms with Gasteiger partial charge in [-0.15, -0.1) is 0 Å². The fourth-order valence-corrected chi connectivity index (χ4v) is 1.90. The number of nitrogens with zero attached hydrogens (tertiary/aromatic N) is 1. The Balaban J connectivity index is 2.22. The number of nitrogens with one attached hydrogen (secondary N) is 1. The molecular formula is C13H7ClFN2. The van der Waals surface area contributed by atoms with Gasteiger partial charge in [0.2, 0.25) is 0 Å². The molecule has 0 aliphatic heterocycles. The lowest BCUT2D eigenvalue weighted by molar-refractivity contribution is 0.640. The van der Waals surface area contributed by atoms with Crippen LogP contribution in [-0.4, -0.2) is 9.97 Å². The van der Waals surface area contributed by atoms with E-state index in [2.05, 4.69) is 16.0 Å². The van der Waals surface area contributed by atoms with Crippen LogP contribution in [-0.2, 0) is 0 Å². The summed E-state index contributed by atoms with van der Waals surface area (Å²) >= 11 is 5.81. The fraction of sp³-hybridized carbons (Fsp3) is 0. The van der Waals surface area contributed by atoms with Gasteiger partial charge in [0.05, 0.1) is 11.4 Å². The summed E-state index contributed by atoms with van der Waals surface area (Å²) in [6, 6.07) is 12.9. The van der Waals surface area contributed by atoms with Gasteiger partial charge in [0.25, 0.3) is 0 Å². The maximum absolute atomic E-state index is 13.5. The Bertz CT molecular complexity index is 691. The first-order valence-electron chi connectivity index (χ1n) is 5.06. The summed E-state index contributed by atoms with van der Waals surface area (Å²) in [5, 5.41) is 0.926. The summed E-state index contributed by atoms with van der Waals surface area (Å²) in [5.41, 5.74) is 2.01. The van der Waals surface area contributed by atoms with E-state index in [1.54, 1.807) is 24.3 Å². The smallest absolute Gasteiger partial charge is 0.132 e. The summed E-state index contributed by atoms with van der Waals surface area (Å²) in [6.45, 7) is 0. The molecule has 0 amide bonds. The molecule has 3 rings (SSSR count). The second-order valence-electron chi connectivity index (χ2n) is 3.64. The number of aromatic nitrogens is 2. The van der Waals surface area contributed by atoms with Crippen LogP contribution < -0.4 is 0 Å². The molecule has 0 atom stereocenters. The van der Waals surface area contributed by atoms with Crippen LogP contribution in [0.25, 0.3) is 22.3 Å². The predicted octanol–water partition coefficient (Wildman–Crippen LogP) is 3.82. The van der Waals surface area contributed by atoms with E-state index in [1.807, 2.05) is 6.07 Å². The van der Waals surface area contributed by atoms with E-state index in [9.17, 15) is 4.39 Å². The molecule has 1 N–H and O–H groups in total. The highest BCUT2D eigenvalue weighted by molar-refractivity contribution is 6.29. The highest BCUT2D eigenvalue weighted by Gasteiger charge is 2.07. The Labute approximate surface area is 102 Å². The zero-order valence-electron chi connectivity index (χ0n) is 8.67. The average Bonchev–Trinajstić information content (AvgIpc) is 2.74. The van der Waals surface area contributed by atoms with E-state index in [0.717, 1.165) is 5.52 Å². The molecule has 0 spiro atoms. The molecular weight excluding hydrogens is 239 g/mol. The van der Waals surface area contributed by atoms with E-state index in [0.29, 0.717) is 21.9 Å². The van der Waals surface area contributed by atoms with Gasteiger partial charge < -0.3 is 4.98 Å². The molecule has 1 radical (unpaired) electrons. The van der Waals surface area contributed by atoms with Crippen LogP contribution in [0.15, 0.2) is 36.4 Å². The van der Waals surface area contributed by atoms with Crippen molar-refractivity contribution in [2.24, 2.45) is 0 Å². The average molecular weight is 246 g/mol. The number of hydrogen-bond donors (Lipinski definition) is 1. The molecule has 0 saturated heterocycles. The van der Waals surface area contributed by atoms with Gasteiger partial charge in [0.15, 0.2) is 0 Å². The van der Waals surface area contributed by atoms with E-state index in [1.165, 1.54) is 6.07 Å². The molecule has 0 aliphatic rings. The second-order valence-corrected chi connectivity index (χ2v) is 4.03. The van der Waals surface area contributed by atoms with Crippen molar-refractivity contribution < 1.29 is 4.39 Å². The minimum absolute atomic E-state index is 0.257. The number of halogens is 2. The Morgan fingerprint density at radius 3 is 2.94 bits per heavy atom. The number of H-pyrrole nitrogens is 1. The van der Waals surface area contributed by atoms with Crippen LogP contribution in [0, 0.1) is 11.9 Å². The zero-order chi connectivity index (χ0) is 11.8. The Hall–Kier alpha value is -1.87. The van der Waals surface area contributed by atoms with Gasteiger partial charge in [-0.05, 0) is 30.3 Å². The van der Waals surface area contributed by atoms with Crippen LogP contribution in [0.2, 0.25) is 5.15 Å². The van der Waals surface area contributed by atoms with Crippen LogP contribution >= 0.6 is 11.6 Å². The third-order valence-electron chi connectivity index (χ3n) is 2.53. The van der Waals surface area contributed by atoms with Gasteiger partial charge in [-0.25, -0.2) is 9.37 Å². The Morgan fingerprint density at radius 2 is 2.18 bits per heavy atom. The quantitative estimate of drug-likeness (QED) is 0.649. The molecule has 3 aromatic rings. The molecule has 1 aromatic carbocycles. The van der Waals surface area contributed by atoms with Crippen molar-refractivity contribution in [1.82, 2.24) is 9.97 Å². The molecule has 2 heterocycles. The highest BCUT2D eigenvalue weighted by atomic mass is 35.5. The predicted molar refractivity (Wildman–Crippen MR) is 65.3 cm³/mol. The molecule has 4 heteroatoms. The van der Waals surface area contributed by atoms with Crippen LogP contribution in [0.1, 0.15) is 0 Å². The maximum Gasteiger partial charge on any atom is 0.132 e. The minimum atomic E-state index is -0.257. The molecule has 0 fully saturated rings. The van der Waals surface area contributed by atoms with Crippen molar-refractivity contribution in [2.45, 2.75) is 0 Å². The molecule has 0 bridgehead atoms. The van der Waals surface area contributed by atoms with E-state index in [-0.39, 0.29) is 5.82 Å². The first kappa shape index (κ1) is 10.3. The number of rotatable bonds is 1.